The SMILES string of the molecule is COc1cccc(F)c1C(Br)Cc1ccc(Br)cc1. The lowest BCUT2D eigenvalue weighted by Crippen LogP contribution is -2.02. The summed E-state index contributed by atoms with van der Waals surface area (Å²) >= 11 is 6.95. The molecular formula is C15H13Br2FO. The molecule has 0 aliphatic heterocycles. The van der Waals surface area contributed by atoms with Crippen LogP contribution in [0, 0.1) is 5.82 Å². The van der Waals surface area contributed by atoms with Crippen LogP contribution in [0.3, 0.4) is 0 Å². The van der Waals surface area contributed by atoms with Gasteiger partial charge in [0.25, 0.3) is 0 Å². The quantitative estimate of drug-likeness (QED) is 0.649. The number of alkyl halides is 1. The third-order valence-electron chi connectivity index (χ3n) is 2.87. The minimum atomic E-state index is -0.252. The normalized spacial score (nSPS) is 12.2. The molecule has 1 nitrogen and oxygen atoms in total. The van der Waals surface area contributed by atoms with Crippen LogP contribution in [0.2, 0.25) is 0 Å². The number of halogens is 3. The average Bonchev–Trinajstić information content (AvgIpc) is 2.40. The van der Waals surface area contributed by atoms with Gasteiger partial charge in [-0.2, -0.15) is 0 Å². The molecule has 0 radical (unpaired) electrons. The lowest BCUT2D eigenvalue weighted by Gasteiger charge is -2.15. The molecule has 0 bridgehead atoms. The van der Waals surface area contributed by atoms with Crippen LogP contribution in [0.25, 0.3) is 0 Å². The summed E-state index contributed by atoms with van der Waals surface area (Å²) in [6.07, 6.45) is 0.699. The molecule has 0 N–H and O–H groups in total. The van der Waals surface area contributed by atoms with Gasteiger partial charge < -0.3 is 4.74 Å². The Hall–Kier alpha value is -0.870. The summed E-state index contributed by atoms with van der Waals surface area (Å²) in [6.45, 7) is 0. The number of rotatable bonds is 4. The molecule has 4 heteroatoms. The van der Waals surface area contributed by atoms with Gasteiger partial charge in [0.1, 0.15) is 11.6 Å². The van der Waals surface area contributed by atoms with Gasteiger partial charge in [0.15, 0.2) is 0 Å². The first-order valence-electron chi connectivity index (χ1n) is 5.82. The van der Waals surface area contributed by atoms with Gasteiger partial charge in [-0.05, 0) is 36.2 Å². The zero-order valence-electron chi connectivity index (χ0n) is 10.4. The molecule has 0 saturated carbocycles. The molecule has 2 aromatic rings. The van der Waals surface area contributed by atoms with Gasteiger partial charge in [-0.1, -0.05) is 50.1 Å². The average molecular weight is 388 g/mol. The lowest BCUT2D eigenvalue weighted by molar-refractivity contribution is 0.404. The maximum absolute atomic E-state index is 13.9. The molecule has 0 heterocycles. The molecule has 100 valence electrons. The monoisotopic (exact) mass is 386 g/mol. The van der Waals surface area contributed by atoms with Gasteiger partial charge in [-0.3, -0.25) is 0 Å². The first-order valence-corrected chi connectivity index (χ1v) is 7.53. The van der Waals surface area contributed by atoms with E-state index in [1.165, 1.54) is 6.07 Å². The highest BCUT2D eigenvalue weighted by Gasteiger charge is 2.18. The fourth-order valence-corrected chi connectivity index (χ4v) is 3.01. The summed E-state index contributed by atoms with van der Waals surface area (Å²) in [5.41, 5.74) is 1.70. The van der Waals surface area contributed by atoms with E-state index in [-0.39, 0.29) is 10.6 Å². The van der Waals surface area contributed by atoms with E-state index >= 15 is 0 Å². The van der Waals surface area contributed by atoms with Crippen molar-refractivity contribution in [1.82, 2.24) is 0 Å². The topological polar surface area (TPSA) is 9.23 Å². The van der Waals surface area contributed by atoms with Crippen LogP contribution in [-0.2, 0) is 6.42 Å². The third-order valence-corrected chi connectivity index (χ3v) is 4.18. The minimum absolute atomic E-state index is 0.121. The van der Waals surface area contributed by atoms with Crippen LogP contribution in [0.5, 0.6) is 5.75 Å². The van der Waals surface area contributed by atoms with Crippen molar-refractivity contribution >= 4 is 31.9 Å². The summed E-state index contributed by atoms with van der Waals surface area (Å²) in [4.78, 5) is -0.121. The van der Waals surface area contributed by atoms with E-state index in [4.69, 9.17) is 4.74 Å². The molecular weight excluding hydrogens is 375 g/mol. The molecule has 0 saturated heterocycles. The Morgan fingerprint density at radius 1 is 1.16 bits per heavy atom. The zero-order valence-corrected chi connectivity index (χ0v) is 13.5. The van der Waals surface area contributed by atoms with E-state index in [0.29, 0.717) is 17.7 Å². The van der Waals surface area contributed by atoms with Crippen molar-refractivity contribution < 1.29 is 9.13 Å². The molecule has 0 amide bonds. The summed E-state index contributed by atoms with van der Waals surface area (Å²) in [7, 11) is 1.55. The Morgan fingerprint density at radius 2 is 1.84 bits per heavy atom. The smallest absolute Gasteiger partial charge is 0.131 e. The van der Waals surface area contributed by atoms with Gasteiger partial charge in [-0.25, -0.2) is 4.39 Å². The van der Waals surface area contributed by atoms with Crippen molar-refractivity contribution in [2.75, 3.05) is 7.11 Å². The predicted octanol–water partition coefficient (Wildman–Crippen LogP) is 5.28. The second kappa shape index (κ2) is 6.53. The number of hydrogen-bond donors (Lipinski definition) is 0. The van der Waals surface area contributed by atoms with Crippen LogP contribution in [-0.4, -0.2) is 7.11 Å². The van der Waals surface area contributed by atoms with Crippen molar-refractivity contribution in [1.29, 1.82) is 0 Å². The predicted molar refractivity (Wildman–Crippen MR) is 82.5 cm³/mol. The summed E-state index contributed by atoms with van der Waals surface area (Å²) in [5, 5.41) is 0. The molecule has 0 fully saturated rings. The van der Waals surface area contributed by atoms with Crippen LogP contribution in [0.4, 0.5) is 4.39 Å². The zero-order chi connectivity index (χ0) is 13.8. The fraction of sp³-hybridized carbons (Fsp3) is 0.200. The number of ether oxygens (including phenoxy) is 1. The van der Waals surface area contributed by atoms with Crippen molar-refractivity contribution in [2.24, 2.45) is 0 Å². The highest BCUT2D eigenvalue weighted by molar-refractivity contribution is 9.10. The second-order valence-electron chi connectivity index (χ2n) is 4.15. The van der Waals surface area contributed by atoms with E-state index in [1.807, 2.05) is 24.3 Å². The van der Waals surface area contributed by atoms with Crippen molar-refractivity contribution in [2.45, 2.75) is 11.2 Å². The molecule has 1 unspecified atom stereocenters. The second-order valence-corrected chi connectivity index (χ2v) is 6.17. The van der Waals surface area contributed by atoms with Crippen molar-refractivity contribution in [3.8, 4) is 5.75 Å². The molecule has 2 aromatic carbocycles. The third kappa shape index (κ3) is 3.57. The van der Waals surface area contributed by atoms with Crippen LogP contribution in [0.15, 0.2) is 46.9 Å². The van der Waals surface area contributed by atoms with Gasteiger partial charge >= 0.3 is 0 Å². The van der Waals surface area contributed by atoms with Crippen LogP contribution in [0.1, 0.15) is 16.0 Å². The Morgan fingerprint density at radius 3 is 2.47 bits per heavy atom. The summed E-state index contributed by atoms with van der Waals surface area (Å²) in [5.74, 6) is 0.317. The molecule has 0 spiro atoms. The highest BCUT2D eigenvalue weighted by atomic mass is 79.9. The maximum atomic E-state index is 13.9. The molecule has 0 aromatic heterocycles. The Kier molecular flexibility index (Phi) is 4.99. The Balaban J connectivity index is 2.24. The molecule has 1 atom stereocenters. The number of methoxy groups -OCH3 is 1. The molecule has 0 aliphatic rings. The fourth-order valence-electron chi connectivity index (χ4n) is 1.93. The van der Waals surface area contributed by atoms with Crippen LogP contribution >= 0.6 is 31.9 Å². The summed E-state index contributed by atoms with van der Waals surface area (Å²) < 4.78 is 20.2. The number of benzene rings is 2. The Bertz CT molecular complexity index is 555. The van der Waals surface area contributed by atoms with Gasteiger partial charge in [0, 0.05) is 10.0 Å². The standard InChI is InChI=1S/C15H13Br2FO/c1-19-14-4-2-3-13(18)15(14)12(17)9-10-5-7-11(16)8-6-10/h2-8,12H,9H2,1H3. The van der Waals surface area contributed by atoms with E-state index in [1.54, 1.807) is 19.2 Å². The van der Waals surface area contributed by atoms with E-state index in [2.05, 4.69) is 31.9 Å². The Labute approximate surface area is 129 Å². The first-order chi connectivity index (χ1) is 9.11. The lowest BCUT2D eigenvalue weighted by atomic mass is 10.0. The minimum Gasteiger partial charge on any atom is -0.496 e. The summed E-state index contributed by atoms with van der Waals surface area (Å²) in [6, 6.07) is 12.9. The molecule has 0 aliphatic carbocycles. The van der Waals surface area contributed by atoms with Crippen molar-refractivity contribution in [3.63, 3.8) is 0 Å². The van der Waals surface area contributed by atoms with Crippen molar-refractivity contribution in [3.05, 3.63) is 63.9 Å². The van der Waals surface area contributed by atoms with Crippen LogP contribution < -0.4 is 4.74 Å². The molecule has 19 heavy (non-hydrogen) atoms. The largest absolute Gasteiger partial charge is 0.496 e. The van der Waals surface area contributed by atoms with Gasteiger partial charge in [0.05, 0.1) is 11.9 Å². The number of hydrogen-bond acceptors (Lipinski definition) is 1. The first kappa shape index (κ1) is 14.5. The molecule has 2 rings (SSSR count). The van der Waals surface area contributed by atoms with E-state index in [0.717, 1.165) is 10.0 Å². The van der Waals surface area contributed by atoms with Gasteiger partial charge in [0.2, 0.25) is 0 Å². The van der Waals surface area contributed by atoms with E-state index in [9.17, 15) is 4.39 Å². The van der Waals surface area contributed by atoms with E-state index < -0.39 is 0 Å². The highest BCUT2D eigenvalue weighted by Crippen LogP contribution is 2.35. The maximum Gasteiger partial charge on any atom is 0.131 e. The van der Waals surface area contributed by atoms with Gasteiger partial charge in [-0.15, -0.1) is 0 Å².